The lowest BCUT2D eigenvalue weighted by Crippen LogP contribution is -2.52. The van der Waals surface area contributed by atoms with E-state index in [0.717, 1.165) is 7.14 Å². The van der Waals surface area contributed by atoms with Crippen LogP contribution in [0.4, 0.5) is 22.0 Å². The normalized spacial score (nSPS) is 13.6. The lowest BCUT2D eigenvalue weighted by Gasteiger charge is -2.29. The first-order valence-corrected chi connectivity index (χ1v) is 12.6. The minimum Gasteiger partial charge on any atom is -0.743 e. The van der Waals surface area contributed by atoms with Crippen LogP contribution in [0.15, 0.2) is 12.1 Å². The van der Waals surface area contributed by atoms with Gasteiger partial charge in [-0.25, -0.2) is 8.42 Å². The molecule has 1 N–H and O–H groups in total. The second-order valence-electron chi connectivity index (χ2n) is 5.89. The Balaban J connectivity index is 2.59. The van der Waals surface area contributed by atoms with E-state index in [1.165, 1.54) is 0 Å². The average Bonchev–Trinajstić information content (AvgIpc) is 2.60. The molecule has 7 nitrogen and oxygen atoms in total. The van der Waals surface area contributed by atoms with E-state index < -0.39 is 46.0 Å². The number of amides is 1. The van der Waals surface area contributed by atoms with Gasteiger partial charge in [0.2, 0.25) is 0 Å². The Morgan fingerprint density at radius 1 is 1.10 bits per heavy atom. The van der Waals surface area contributed by atoms with Gasteiger partial charge in [-0.3, -0.25) is 9.59 Å². The molecule has 0 saturated heterocycles. The fourth-order valence-electron chi connectivity index (χ4n) is 2.06. The molecule has 0 radical (unpaired) electrons. The minimum absolute atomic E-state index is 0.0258. The van der Waals surface area contributed by atoms with E-state index >= 15 is 0 Å². The van der Waals surface area contributed by atoms with Crippen molar-refractivity contribution in [2.45, 2.75) is 36.8 Å². The second-order valence-corrected chi connectivity index (χ2v) is 10.8. The van der Waals surface area contributed by atoms with Crippen LogP contribution in [-0.4, -0.2) is 48.9 Å². The minimum atomic E-state index is -6.73. The molecule has 1 unspecified atom stereocenters. The SMILES string of the molecule is O=C(CCCCNC(=O)c1cc(I)cc(I)c1I)OC(C(F)(F)F)C(F)(F)S(=O)(=O)[O-]. The first kappa shape index (κ1) is 28.9. The zero-order valence-electron chi connectivity index (χ0n) is 14.9. The number of rotatable bonds is 9. The van der Waals surface area contributed by atoms with Gasteiger partial charge in [0.25, 0.3) is 12.0 Å². The Labute approximate surface area is 214 Å². The monoisotopic (exact) mass is 810 g/mol. The van der Waals surface area contributed by atoms with Crippen LogP contribution in [0.5, 0.6) is 0 Å². The number of benzene rings is 1. The van der Waals surface area contributed by atoms with Crippen LogP contribution in [0.25, 0.3) is 0 Å². The van der Waals surface area contributed by atoms with Gasteiger partial charge in [0.15, 0.2) is 10.1 Å². The Bertz CT molecular complexity index is 942. The van der Waals surface area contributed by atoms with E-state index in [1.54, 1.807) is 6.07 Å². The number of carbonyl (C=O) groups excluding carboxylic acids is 2. The van der Waals surface area contributed by atoms with Gasteiger partial charge < -0.3 is 14.6 Å². The van der Waals surface area contributed by atoms with Crippen molar-refractivity contribution in [1.29, 1.82) is 0 Å². The van der Waals surface area contributed by atoms with E-state index in [0.29, 0.717) is 9.13 Å². The Morgan fingerprint density at radius 3 is 2.19 bits per heavy atom. The van der Waals surface area contributed by atoms with Crippen molar-refractivity contribution in [3.05, 3.63) is 28.4 Å². The summed E-state index contributed by atoms with van der Waals surface area (Å²) in [7, 11) is -6.73. The number of unbranched alkanes of at least 4 members (excludes halogenated alkanes) is 1. The summed E-state index contributed by atoms with van der Waals surface area (Å²) in [5.41, 5.74) is 0.408. The number of nitrogens with one attached hydrogen (secondary N) is 1. The molecule has 0 heterocycles. The van der Waals surface area contributed by atoms with Crippen LogP contribution < -0.4 is 5.32 Å². The maximum Gasteiger partial charge on any atom is 0.432 e. The zero-order chi connectivity index (χ0) is 24.2. The highest BCUT2D eigenvalue weighted by atomic mass is 127. The summed E-state index contributed by atoms with van der Waals surface area (Å²) in [5.74, 6) is -2.18. The molecule has 1 rings (SSSR count). The standard InChI is InChI=1S/C15H13F5I3NO6S/c16-14(17,18)13(15(19,20)31(27,28)29)30-10(25)3-1-2-4-24-12(26)8-5-7(21)6-9(22)11(8)23/h5-6,13H,1-4H2,(H,24,26)(H,27,28,29)/p-1. The number of alkyl halides is 5. The fourth-order valence-corrected chi connectivity index (χ4v) is 4.91. The molecule has 1 amide bonds. The number of ether oxygens (including phenoxy) is 1. The Hall–Kier alpha value is -0.0900. The topological polar surface area (TPSA) is 113 Å². The Morgan fingerprint density at radius 2 is 1.68 bits per heavy atom. The first-order chi connectivity index (χ1) is 14.0. The number of hydrogen-bond acceptors (Lipinski definition) is 6. The van der Waals surface area contributed by atoms with Crippen LogP contribution in [-0.2, 0) is 19.6 Å². The van der Waals surface area contributed by atoms with E-state index in [9.17, 15) is 44.5 Å². The molecule has 1 aromatic rings. The summed E-state index contributed by atoms with van der Waals surface area (Å²) in [4.78, 5) is 23.7. The summed E-state index contributed by atoms with van der Waals surface area (Å²) in [5, 5.41) is -3.32. The van der Waals surface area contributed by atoms with Gasteiger partial charge in [0.1, 0.15) is 0 Å². The molecule has 0 aliphatic heterocycles. The summed E-state index contributed by atoms with van der Waals surface area (Å²) in [6.07, 6.45) is -11.2. The number of hydrogen-bond donors (Lipinski definition) is 1. The molecule has 0 bridgehead atoms. The lowest BCUT2D eigenvalue weighted by molar-refractivity contribution is -0.259. The van der Waals surface area contributed by atoms with E-state index in [1.807, 2.05) is 51.2 Å². The maximum absolute atomic E-state index is 13.3. The molecule has 16 heteroatoms. The molecule has 0 aliphatic carbocycles. The van der Waals surface area contributed by atoms with Crippen molar-refractivity contribution in [2.75, 3.05) is 6.54 Å². The van der Waals surface area contributed by atoms with Gasteiger partial charge in [-0.15, -0.1) is 0 Å². The summed E-state index contributed by atoms with van der Waals surface area (Å²) in [6, 6.07) is 3.51. The van der Waals surface area contributed by atoms with Crippen molar-refractivity contribution >= 4 is 89.8 Å². The van der Waals surface area contributed by atoms with Gasteiger partial charge in [0.05, 0.1) is 5.56 Å². The van der Waals surface area contributed by atoms with Gasteiger partial charge in [-0.05, 0) is 92.7 Å². The van der Waals surface area contributed by atoms with E-state index in [2.05, 4.69) is 32.6 Å². The van der Waals surface area contributed by atoms with Crippen LogP contribution in [0.1, 0.15) is 29.6 Å². The quantitative estimate of drug-likeness (QED) is 0.101. The van der Waals surface area contributed by atoms with Gasteiger partial charge in [-0.1, -0.05) is 0 Å². The summed E-state index contributed by atoms with van der Waals surface area (Å²) < 4.78 is 102. The molecule has 0 aliphatic rings. The van der Waals surface area contributed by atoms with Crippen molar-refractivity contribution < 1.29 is 49.2 Å². The molecule has 1 aromatic carbocycles. The third kappa shape index (κ3) is 8.32. The fraction of sp³-hybridized carbons (Fsp3) is 0.467. The molecule has 0 saturated carbocycles. The molecule has 0 aromatic heterocycles. The average molecular weight is 810 g/mol. The molecule has 0 spiro atoms. The maximum atomic E-state index is 13.3. The molecule has 176 valence electrons. The predicted octanol–water partition coefficient (Wildman–Crippen LogP) is 4.01. The van der Waals surface area contributed by atoms with E-state index in [4.69, 9.17) is 0 Å². The van der Waals surface area contributed by atoms with Gasteiger partial charge in [-0.2, -0.15) is 22.0 Å². The van der Waals surface area contributed by atoms with Crippen molar-refractivity contribution in [3.8, 4) is 0 Å². The van der Waals surface area contributed by atoms with Crippen LogP contribution in [0.2, 0.25) is 0 Å². The largest absolute Gasteiger partial charge is 0.743 e. The summed E-state index contributed by atoms with van der Waals surface area (Å²) in [6.45, 7) is 0.0258. The van der Waals surface area contributed by atoms with Crippen molar-refractivity contribution in [2.24, 2.45) is 0 Å². The highest BCUT2D eigenvalue weighted by molar-refractivity contribution is 14.1. The van der Waals surface area contributed by atoms with Crippen molar-refractivity contribution in [3.63, 3.8) is 0 Å². The third-order valence-corrected chi connectivity index (χ3v) is 8.06. The smallest absolute Gasteiger partial charge is 0.432 e. The molecular formula is C15H12F5I3NO6S-. The summed E-state index contributed by atoms with van der Waals surface area (Å²) >= 11 is 6.08. The first-order valence-electron chi connectivity index (χ1n) is 8.00. The van der Waals surface area contributed by atoms with Gasteiger partial charge in [0, 0.05) is 23.7 Å². The lowest BCUT2D eigenvalue weighted by atomic mass is 10.2. The molecular weight excluding hydrogens is 798 g/mol. The second kappa shape index (κ2) is 11.4. The molecule has 0 fully saturated rings. The van der Waals surface area contributed by atoms with Gasteiger partial charge >= 0.3 is 17.4 Å². The van der Waals surface area contributed by atoms with Crippen LogP contribution in [0.3, 0.4) is 0 Å². The number of halogens is 8. The zero-order valence-corrected chi connectivity index (χ0v) is 22.2. The predicted molar refractivity (Wildman–Crippen MR) is 121 cm³/mol. The van der Waals surface area contributed by atoms with Crippen molar-refractivity contribution in [1.82, 2.24) is 5.32 Å². The van der Waals surface area contributed by atoms with Crippen LogP contribution in [0, 0.1) is 10.7 Å². The van der Waals surface area contributed by atoms with Crippen LogP contribution >= 0.6 is 67.8 Å². The third-order valence-electron chi connectivity index (χ3n) is 3.52. The number of carbonyl (C=O) groups is 2. The number of esters is 1. The molecule has 1 atom stereocenters. The molecule has 31 heavy (non-hydrogen) atoms. The van der Waals surface area contributed by atoms with E-state index in [-0.39, 0.29) is 19.4 Å². The Kier molecular flexibility index (Phi) is 10.6. The highest BCUT2D eigenvalue weighted by Gasteiger charge is 2.62. The highest BCUT2D eigenvalue weighted by Crippen LogP contribution is 2.38.